The molecule has 1 N–H and O–H groups in total. The number of thioether (sulfide) groups is 1. The summed E-state index contributed by atoms with van der Waals surface area (Å²) in [5.74, 6) is -0.711. The number of para-hydroxylation sites is 1. The van der Waals surface area contributed by atoms with Crippen LogP contribution in [-0.4, -0.2) is 23.7 Å². The third-order valence-corrected chi connectivity index (χ3v) is 4.73. The number of hydrogen-bond acceptors (Lipinski definition) is 4. The van der Waals surface area contributed by atoms with Crippen LogP contribution in [-0.2, 0) is 14.3 Å². The van der Waals surface area contributed by atoms with E-state index in [2.05, 4.69) is 5.32 Å². The van der Waals surface area contributed by atoms with Gasteiger partial charge in [-0.25, -0.2) is 0 Å². The van der Waals surface area contributed by atoms with Gasteiger partial charge >= 0.3 is 5.97 Å². The highest BCUT2D eigenvalue weighted by Crippen LogP contribution is 2.22. The van der Waals surface area contributed by atoms with Crippen molar-refractivity contribution in [2.75, 3.05) is 11.1 Å². The maximum atomic E-state index is 12.1. The molecule has 0 saturated carbocycles. The largest absolute Gasteiger partial charge is 0.452 e. The highest BCUT2D eigenvalue weighted by molar-refractivity contribution is 8.00. The molecule has 2 rings (SSSR count). The van der Waals surface area contributed by atoms with Crippen molar-refractivity contribution in [1.29, 1.82) is 0 Å². The second-order valence-electron chi connectivity index (χ2n) is 5.16. The maximum Gasteiger partial charge on any atom is 0.317 e. The van der Waals surface area contributed by atoms with E-state index in [9.17, 15) is 9.59 Å². The van der Waals surface area contributed by atoms with E-state index in [0.29, 0.717) is 10.7 Å². The molecule has 0 aliphatic rings. The third-order valence-electron chi connectivity index (χ3n) is 3.25. The van der Waals surface area contributed by atoms with Crippen molar-refractivity contribution >= 4 is 40.9 Å². The summed E-state index contributed by atoms with van der Waals surface area (Å²) in [6.07, 6.45) is -0.897. The fourth-order valence-corrected chi connectivity index (χ4v) is 2.93. The molecule has 0 spiro atoms. The third kappa shape index (κ3) is 5.28. The van der Waals surface area contributed by atoms with Crippen LogP contribution in [0.15, 0.2) is 53.4 Å². The normalized spacial score (nSPS) is 11.6. The summed E-state index contributed by atoms with van der Waals surface area (Å²) in [5.41, 5.74) is 1.58. The fraction of sp³-hybridized carbons (Fsp3) is 0.222. The van der Waals surface area contributed by atoms with E-state index >= 15 is 0 Å². The lowest BCUT2D eigenvalue weighted by Gasteiger charge is -2.14. The number of rotatable bonds is 6. The Morgan fingerprint density at radius 2 is 1.83 bits per heavy atom. The Bertz CT molecular complexity index is 736. The van der Waals surface area contributed by atoms with Crippen LogP contribution in [0.5, 0.6) is 0 Å². The zero-order valence-electron chi connectivity index (χ0n) is 13.4. The lowest BCUT2D eigenvalue weighted by atomic mass is 10.2. The number of hydrogen-bond donors (Lipinski definition) is 1. The first-order valence-electron chi connectivity index (χ1n) is 7.40. The first-order valence-corrected chi connectivity index (χ1v) is 8.77. The SMILES string of the molecule is Cc1ccccc1SCC(=O)O[C@H](C)C(=O)Nc1ccccc1Cl. The molecule has 2 aromatic rings. The van der Waals surface area contributed by atoms with Gasteiger partial charge in [-0.2, -0.15) is 0 Å². The molecule has 4 nitrogen and oxygen atoms in total. The second kappa shape index (κ2) is 8.76. The van der Waals surface area contributed by atoms with E-state index in [4.69, 9.17) is 16.3 Å². The Morgan fingerprint density at radius 1 is 1.17 bits per heavy atom. The van der Waals surface area contributed by atoms with Gasteiger partial charge in [0.2, 0.25) is 0 Å². The molecule has 0 radical (unpaired) electrons. The van der Waals surface area contributed by atoms with Crippen LogP contribution in [0.25, 0.3) is 0 Å². The number of esters is 1. The molecule has 1 amide bonds. The lowest BCUT2D eigenvalue weighted by molar-refractivity contribution is -0.150. The standard InChI is InChI=1S/C18H18ClNO3S/c1-12-7-3-6-10-16(12)24-11-17(21)23-13(2)18(22)20-15-9-5-4-8-14(15)19/h3-10,13H,11H2,1-2H3,(H,20,22)/t13-/m1/s1. The van der Waals surface area contributed by atoms with Crippen molar-refractivity contribution in [3.05, 3.63) is 59.1 Å². The van der Waals surface area contributed by atoms with Gasteiger partial charge in [-0.15, -0.1) is 11.8 Å². The molecule has 24 heavy (non-hydrogen) atoms. The Morgan fingerprint density at radius 3 is 2.54 bits per heavy atom. The second-order valence-corrected chi connectivity index (χ2v) is 6.58. The highest BCUT2D eigenvalue weighted by Gasteiger charge is 2.19. The number of nitrogens with one attached hydrogen (secondary N) is 1. The Balaban J connectivity index is 1.84. The van der Waals surface area contributed by atoms with Crippen molar-refractivity contribution in [3.8, 4) is 0 Å². The molecule has 1 atom stereocenters. The van der Waals surface area contributed by atoms with Crippen LogP contribution in [0.1, 0.15) is 12.5 Å². The minimum Gasteiger partial charge on any atom is -0.452 e. The molecule has 126 valence electrons. The van der Waals surface area contributed by atoms with E-state index in [1.165, 1.54) is 18.7 Å². The molecule has 6 heteroatoms. The van der Waals surface area contributed by atoms with Crippen molar-refractivity contribution in [1.82, 2.24) is 0 Å². The zero-order chi connectivity index (χ0) is 17.5. The smallest absolute Gasteiger partial charge is 0.317 e. The quantitative estimate of drug-likeness (QED) is 0.613. The molecule has 0 aliphatic heterocycles. The summed E-state index contributed by atoms with van der Waals surface area (Å²) in [6.45, 7) is 3.51. The molecule has 0 saturated heterocycles. The summed E-state index contributed by atoms with van der Waals surface area (Å²) < 4.78 is 5.17. The molecular weight excluding hydrogens is 346 g/mol. The number of halogens is 1. The van der Waals surface area contributed by atoms with Crippen LogP contribution >= 0.6 is 23.4 Å². The van der Waals surface area contributed by atoms with Gasteiger partial charge in [-0.3, -0.25) is 9.59 Å². The predicted molar refractivity (Wildman–Crippen MR) is 97.5 cm³/mol. The summed E-state index contributed by atoms with van der Waals surface area (Å²) in [6, 6.07) is 14.7. The molecule has 0 aliphatic carbocycles. The molecule has 0 fully saturated rings. The van der Waals surface area contributed by atoms with Gasteiger partial charge < -0.3 is 10.1 Å². The van der Waals surface area contributed by atoms with Crippen LogP contribution < -0.4 is 5.32 Å². The fourth-order valence-electron chi connectivity index (χ4n) is 1.94. The van der Waals surface area contributed by atoms with Crippen LogP contribution in [0.4, 0.5) is 5.69 Å². The number of benzene rings is 2. The predicted octanol–water partition coefficient (Wildman–Crippen LogP) is 4.31. The monoisotopic (exact) mass is 363 g/mol. The maximum absolute atomic E-state index is 12.1. The minimum atomic E-state index is -0.897. The van der Waals surface area contributed by atoms with Crippen LogP contribution in [0, 0.1) is 6.92 Å². The number of amides is 1. The molecule has 0 aromatic heterocycles. The van der Waals surface area contributed by atoms with Gasteiger partial charge in [0.1, 0.15) is 0 Å². The van der Waals surface area contributed by atoms with Gasteiger partial charge in [0.25, 0.3) is 5.91 Å². The van der Waals surface area contributed by atoms with Gasteiger partial charge in [0.05, 0.1) is 16.5 Å². The number of carbonyl (C=O) groups excluding carboxylic acids is 2. The molecule has 0 bridgehead atoms. The average molecular weight is 364 g/mol. The highest BCUT2D eigenvalue weighted by atomic mass is 35.5. The summed E-state index contributed by atoms with van der Waals surface area (Å²) in [7, 11) is 0. The Labute approximate surface area is 150 Å². The van der Waals surface area contributed by atoms with Crippen LogP contribution in [0.2, 0.25) is 5.02 Å². The molecule has 0 heterocycles. The van der Waals surface area contributed by atoms with E-state index in [1.807, 2.05) is 31.2 Å². The van der Waals surface area contributed by atoms with Gasteiger partial charge in [-0.05, 0) is 37.6 Å². The van der Waals surface area contributed by atoms with Crippen LogP contribution in [0.3, 0.4) is 0 Å². The number of anilines is 1. The molecule has 0 unspecified atom stereocenters. The summed E-state index contributed by atoms with van der Waals surface area (Å²) in [4.78, 5) is 25.0. The van der Waals surface area contributed by atoms with E-state index in [1.54, 1.807) is 24.3 Å². The van der Waals surface area contributed by atoms with Gasteiger partial charge in [0.15, 0.2) is 6.10 Å². The van der Waals surface area contributed by atoms with Crippen molar-refractivity contribution in [3.63, 3.8) is 0 Å². The zero-order valence-corrected chi connectivity index (χ0v) is 15.0. The van der Waals surface area contributed by atoms with Gasteiger partial charge in [-0.1, -0.05) is 41.9 Å². The van der Waals surface area contributed by atoms with Crippen molar-refractivity contribution in [2.45, 2.75) is 24.8 Å². The number of carbonyl (C=O) groups is 2. The first kappa shape index (κ1) is 18.4. The molecule has 2 aromatic carbocycles. The topological polar surface area (TPSA) is 55.4 Å². The number of aryl methyl sites for hydroxylation is 1. The Hall–Kier alpha value is -1.98. The van der Waals surface area contributed by atoms with Crippen molar-refractivity contribution in [2.24, 2.45) is 0 Å². The van der Waals surface area contributed by atoms with Crippen molar-refractivity contribution < 1.29 is 14.3 Å². The minimum absolute atomic E-state index is 0.147. The number of ether oxygens (including phenoxy) is 1. The first-order chi connectivity index (χ1) is 11.5. The van der Waals surface area contributed by atoms with E-state index in [-0.39, 0.29) is 5.75 Å². The average Bonchev–Trinajstić information content (AvgIpc) is 2.56. The van der Waals surface area contributed by atoms with Gasteiger partial charge in [0, 0.05) is 4.90 Å². The van der Waals surface area contributed by atoms with E-state index in [0.717, 1.165) is 10.5 Å². The Kier molecular flexibility index (Phi) is 6.70. The molecular formula is C18H18ClNO3S. The van der Waals surface area contributed by atoms with E-state index < -0.39 is 18.0 Å². The lowest BCUT2D eigenvalue weighted by Crippen LogP contribution is -2.30. The summed E-state index contributed by atoms with van der Waals surface area (Å²) in [5, 5.41) is 3.07. The summed E-state index contributed by atoms with van der Waals surface area (Å²) >= 11 is 7.37.